The Balaban J connectivity index is 1.94. The van der Waals surface area contributed by atoms with Gasteiger partial charge in [0, 0.05) is 24.9 Å². The summed E-state index contributed by atoms with van der Waals surface area (Å²) < 4.78 is 36.2. The van der Waals surface area contributed by atoms with Gasteiger partial charge in [-0.15, -0.1) is 0 Å². The summed E-state index contributed by atoms with van der Waals surface area (Å²) in [6, 6.07) is 1.86. The summed E-state index contributed by atoms with van der Waals surface area (Å²) in [4.78, 5) is 13.7. The highest BCUT2D eigenvalue weighted by atomic mass is 19.3. The average Bonchev–Trinajstić information content (AvgIpc) is 2.84. The Bertz CT molecular complexity index is 794. The van der Waals surface area contributed by atoms with Gasteiger partial charge in [-0.05, 0) is 27.2 Å². The average molecular weight is 382 g/mol. The molecule has 0 saturated heterocycles. The Morgan fingerprint density at radius 3 is 2.74 bits per heavy atom. The highest BCUT2D eigenvalue weighted by Crippen LogP contribution is 2.43. The van der Waals surface area contributed by atoms with Crippen LogP contribution in [0.2, 0.25) is 0 Å². The molecule has 0 unspecified atom stereocenters. The smallest absolute Gasteiger partial charge is 0.410 e. The first kappa shape index (κ1) is 19.5. The van der Waals surface area contributed by atoms with Crippen molar-refractivity contribution in [3.05, 3.63) is 17.0 Å². The number of halogens is 2. The molecule has 1 aromatic rings. The van der Waals surface area contributed by atoms with E-state index in [0.29, 0.717) is 24.2 Å². The molecule has 7 nitrogen and oxygen atoms in total. The minimum absolute atomic E-state index is 0.00809. The van der Waals surface area contributed by atoms with Gasteiger partial charge in [0.05, 0.1) is 36.9 Å². The van der Waals surface area contributed by atoms with Crippen LogP contribution in [0.1, 0.15) is 57.0 Å². The molecule has 27 heavy (non-hydrogen) atoms. The number of ether oxygens (including phenoxy) is 1. The quantitative estimate of drug-likeness (QED) is 0.806. The van der Waals surface area contributed by atoms with Crippen molar-refractivity contribution in [1.29, 1.82) is 5.26 Å². The number of hydrogen-bond donors (Lipinski definition) is 1. The molecule has 1 atom stereocenters. The third kappa shape index (κ3) is 3.90. The van der Waals surface area contributed by atoms with E-state index in [9.17, 15) is 18.7 Å². The number of carbonyl (C=O) groups excluding carboxylic acids is 1. The van der Waals surface area contributed by atoms with Gasteiger partial charge in [-0.1, -0.05) is 0 Å². The van der Waals surface area contributed by atoms with E-state index in [1.54, 1.807) is 20.8 Å². The van der Waals surface area contributed by atoms with Crippen LogP contribution in [0, 0.1) is 11.3 Å². The lowest BCUT2D eigenvalue weighted by atomic mass is 9.93. The van der Waals surface area contributed by atoms with Gasteiger partial charge in [0.15, 0.2) is 0 Å². The molecule has 148 valence electrons. The van der Waals surface area contributed by atoms with Crippen molar-refractivity contribution in [1.82, 2.24) is 14.7 Å². The van der Waals surface area contributed by atoms with Crippen molar-refractivity contribution in [3.8, 4) is 6.07 Å². The second-order valence-electron chi connectivity index (χ2n) is 8.35. The molecule has 0 aliphatic carbocycles. The molecule has 3 heterocycles. The third-order valence-electron chi connectivity index (χ3n) is 4.86. The van der Waals surface area contributed by atoms with Crippen LogP contribution in [0.3, 0.4) is 0 Å². The fourth-order valence-electron chi connectivity index (χ4n) is 3.59. The molecule has 1 amide bonds. The van der Waals surface area contributed by atoms with E-state index < -0.39 is 29.6 Å². The lowest BCUT2D eigenvalue weighted by Crippen LogP contribution is -2.40. The number of aromatic nitrogens is 2. The van der Waals surface area contributed by atoms with Crippen molar-refractivity contribution in [2.24, 2.45) is 0 Å². The Hall–Kier alpha value is -2.21. The summed E-state index contributed by atoms with van der Waals surface area (Å²) in [6.45, 7) is 5.40. The summed E-state index contributed by atoms with van der Waals surface area (Å²) in [5.74, 6) is -3.20. The van der Waals surface area contributed by atoms with Crippen LogP contribution in [0.15, 0.2) is 0 Å². The zero-order chi connectivity index (χ0) is 20.0. The second-order valence-corrected chi connectivity index (χ2v) is 8.35. The van der Waals surface area contributed by atoms with Crippen molar-refractivity contribution in [2.45, 2.75) is 76.7 Å². The molecular weight excluding hydrogens is 358 g/mol. The first-order chi connectivity index (χ1) is 12.4. The van der Waals surface area contributed by atoms with E-state index in [4.69, 9.17) is 10.00 Å². The monoisotopic (exact) mass is 382 g/mol. The molecule has 1 aromatic heterocycles. The van der Waals surface area contributed by atoms with Gasteiger partial charge in [-0.25, -0.2) is 4.79 Å². The minimum Gasteiger partial charge on any atom is -0.444 e. The zero-order valence-electron chi connectivity index (χ0n) is 15.8. The first-order valence-corrected chi connectivity index (χ1v) is 8.98. The molecular formula is C18H24F2N4O3. The maximum absolute atomic E-state index is 14.9. The summed E-state index contributed by atoms with van der Waals surface area (Å²) in [7, 11) is 0. The van der Waals surface area contributed by atoms with E-state index in [0.717, 1.165) is 4.68 Å². The number of hydrogen-bond acceptors (Lipinski definition) is 5. The Morgan fingerprint density at radius 2 is 2.11 bits per heavy atom. The number of alkyl halides is 2. The number of nitrogens with zero attached hydrogens (tertiary/aromatic N) is 4. The Morgan fingerprint density at radius 1 is 1.41 bits per heavy atom. The molecule has 1 N–H and O–H groups in total. The predicted octanol–water partition coefficient (Wildman–Crippen LogP) is 2.71. The molecule has 2 aliphatic heterocycles. The van der Waals surface area contributed by atoms with Gasteiger partial charge in [0.25, 0.3) is 5.92 Å². The zero-order valence-corrected chi connectivity index (χ0v) is 15.8. The molecule has 9 heteroatoms. The summed E-state index contributed by atoms with van der Waals surface area (Å²) >= 11 is 0. The minimum atomic E-state index is -3.20. The normalized spacial score (nSPS) is 24.4. The molecule has 0 aromatic carbocycles. The number of fused-ring (bicyclic) bond motifs is 3. The van der Waals surface area contributed by atoms with Gasteiger partial charge in [0.2, 0.25) is 0 Å². The lowest BCUT2D eigenvalue weighted by Gasteiger charge is -2.30. The fraction of sp³-hybridized carbons (Fsp3) is 0.722. The van der Waals surface area contributed by atoms with E-state index in [2.05, 4.69) is 5.10 Å². The second kappa shape index (κ2) is 6.44. The standard InChI is InChI=1S/C18H24F2N4O3/c1-16(2,3)27-15(25)23-9-4-13-12(10-23)14-18(19,20)6-5-17(26,7-8-21)11-24(14)22-13/h26H,4-7,9-11H2,1-3H3/t17-/m0/s1. The summed E-state index contributed by atoms with van der Waals surface area (Å²) in [5.41, 5.74) is -1.66. The van der Waals surface area contributed by atoms with Crippen LogP contribution in [-0.2, 0) is 30.2 Å². The van der Waals surface area contributed by atoms with Crippen LogP contribution < -0.4 is 0 Å². The number of rotatable bonds is 1. The van der Waals surface area contributed by atoms with Gasteiger partial charge < -0.3 is 14.7 Å². The number of aliphatic hydroxyl groups is 1. The molecule has 3 rings (SSSR count). The molecule has 0 radical (unpaired) electrons. The number of carbonyl (C=O) groups is 1. The molecule has 0 fully saturated rings. The van der Waals surface area contributed by atoms with Gasteiger partial charge in [0.1, 0.15) is 11.3 Å². The van der Waals surface area contributed by atoms with Crippen LogP contribution in [0.4, 0.5) is 13.6 Å². The van der Waals surface area contributed by atoms with Gasteiger partial charge in [-0.3, -0.25) is 4.68 Å². The largest absolute Gasteiger partial charge is 0.444 e. The van der Waals surface area contributed by atoms with Crippen LogP contribution in [0.5, 0.6) is 0 Å². The van der Waals surface area contributed by atoms with Crippen molar-refractivity contribution in [3.63, 3.8) is 0 Å². The number of amides is 1. The van der Waals surface area contributed by atoms with E-state index >= 15 is 0 Å². The highest BCUT2D eigenvalue weighted by Gasteiger charge is 2.47. The molecule has 2 aliphatic rings. The van der Waals surface area contributed by atoms with Gasteiger partial charge in [-0.2, -0.15) is 19.1 Å². The highest BCUT2D eigenvalue weighted by molar-refractivity contribution is 5.68. The third-order valence-corrected chi connectivity index (χ3v) is 4.86. The van der Waals surface area contributed by atoms with Crippen LogP contribution in [0.25, 0.3) is 0 Å². The van der Waals surface area contributed by atoms with Crippen molar-refractivity contribution in [2.75, 3.05) is 6.54 Å². The van der Waals surface area contributed by atoms with Crippen molar-refractivity contribution >= 4 is 6.09 Å². The maximum Gasteiger partial charge on any atom is 0.410 e. The number of nitriles is 1. The van der Waals surface area contributed by atoms with Gasteiger partial charge >= 0.3 is 6.09 Å². The Kier molecular flexibility index (Phi) is 4.67. The van der Waals surface area contributed by atoms with Crippen LogP contribution >= 0.6 is 0 Å². The first-order valence-electron chi connectivity index (χ1n) is 8.98. The van der Waals surface area contributed by atoms with E-state index in [1.165, 1.54) is 4.90 Å². The Labute approximate surface area is 156 Å². The van der Waals surface area contributed by atoms with Crippen molar-refractivity contribution < 1.29 is 23.4 Å². The lowest BCUT2D eigenvalue weighted by molar-refractivity contribution is -0.0397. The van der Waals surface area contributed by atoms with E-state index in [-0.39, 0.29) is 31.6 Å². The molecule has 0 spiro atoms. The predicted molar refractivity (Wildman–Crippen MR) is 90.9 cm³/mol. The van der Waals surface area contributed by atoms with Crippen LogP contribution in [-0.4, -0.2) is 43.6 Å². The topological polar surface area (TPSA) is 91.4 Å². The molecule has 0 bridgehead atoms. The van der Waals surface area contributed by atoms with E-state index in [1.807, 2.05) is 6.07 Å². The summed E-state index contributed by atoms with van der Waals surface area (Å²) in [5, 5.41) is 23.8. The summed E-state index contributed by atoms with van der Waals surface area (Å²) in [6.07, 6.45) is -1.22. The molecule has 0 saturated carbocycles. The SMILES string of the molecule is CC(C)(C)OC(=O)N1CCc2nn3c(c2C1)C(F)(F)CC[C@](O)(CC#N)C3. The maximum atomic E-state index is 14.9. The fourth-order valence-corrected chi connectivity index (χ4v) is 3.59.